The molecule has 3 aromatic rings. The molecule has 0 spiro atoms. The average molecular weight is 619 g/mol. The van der Waals surface area contributed by atoms with E-state index in [9.17, 15) is 0 Å². The van der Waals surface area contributed by atoms with Gasteiger partial charge in [-0.3, -0.25) is 9.98 Å². The molecular formula is C31H39Cl3CoN3. The number of hydrogen-bond donors (Lipinski definition) is 0. The first-order chi connectivity index (χ1) is 16.3. The van der Waals surface area contributed by atoms with Crippen molar-refractivity contribution in [2.45, 2.75) is 81.1 Å². The maximum absolute atomic E-state index is 5.08. The van der Waals surface area contributed by atoms with E-state index in [2.05, 4.69) is 85.7 Å². The largest absolute Gasteiger partial charge is 3.00 e. The first-order valence-corrected chi connectivity index (χ1v) is 12.6. The van der Waals surface area contributed by atoms with Crippen LogP contribution in [0.2, 0.25) is 0 Å². The maximum Gasteiger partial charge on any atom is 3.00 e. The van der Waals surface area contributed by atoms with E-state index in [1.165, 1.54) is 33.4 Å². The summed E-state index contributed by atoms with van der Waals surface area (Å²) in [5, 5.41) is 0. The summed E-state index contributed by atoms with van der Waals surface area (Å²) >= 11 is 0. The summed E-state index contributed by atoms with van der Waals surface area (Å²) in [6.45, 7) is 17.2. The quantitative estimate of drug-likeness (QED) is 0.306. The second-order valence-corrected chi connectivity index (χ2v) is 9.08. The zero-order chi connectivity index (χ0) is 24.8. The van der Waals surface area contributed by atoms with Crippen molar-refractivity contribution in [3.05, 3.63) is 87.2 Å². The van der Waals surface area contributed by atoms with Crippen molar-refractivity contribution >= 4 is 22.8 Å². The number of hydrogen-bond acceptors (Lipinski definition) is 3. The number of nitrogens with zero attached hydrogens (tertiary/aromatic N) is 3. The predicted octanol–water partition coefficient (Wildman–Crippen LogP) is -0.761. The molecule has 0 radical (unpaired) electrons. The number of rotatable bonds is 8. The van der Waals surface area contributed by atoms with Crippen LogP contribution in [0.1, 0.15) is 86.3 Å². The van der Waals surface area contributed by atoms with Crippen LogP contribution in [0, 0.1) is 13.8 Å². The molecule has 38 heavy (non-hydrogen) atoms. The molecule has 0 aliphatic carbocycles. The van der Waals surface area contributed by atoms with Crippen LogP contribution < -0.4 is 37.2 Å². The first kappa shape index (κ1) is 38.5. The molecule has 0 fully saturated rings. The van der Waals surface area contributed by atoms with E-state index in [0.29, 0.717) is 0 Å². The van der Waals surface area contributed by atoms with Gasteiger partial charge in [0.2, 0.25) is 0 Å². The molecule has 1 heterocycles. The molecule has 1 aromatic heterocycles. The second kappa shape index (κ2) is 17.8. The van der Waals surface area contributed by atoms with Crippen molar-refractivity contribution in [1.29, 1.82) is 0 Å². The van der Waals surface area contributed by atoms with Crippen LogP contribution in [0.3, 0.4) is 0 Å². The minimum absolute atomic E-state index is 0. The molecule has 0 bridgehead atoms. The molecule has 3 rings (SSSR count). The van der Waals surface area contributed by atoms with Gasteiger partial charge in [-0.05, 0) is 87.8 Å². The molecule has 0 N–H and O–H groups in total. The maximum atomic E-state index is 5.08. The van der Waals surface area contributed by atoms with Gasteiger partial charge in [-0.1, -0.05) is 69.2 Å². The van der Waals surface area contributed by atoms with E-state index in [1.54, 1.807) is 0 Å². The third-order valence-corrected chi connectivity index (χ3v) is 6.40. The van der Waals surface area contributed by atoms with Crippen molar-refractivity contribution in [3.8, 4) is 0 Å². The molecule has 0 aliphatic heterocycles. The summed E-state index contributed by atoms with van der Waals surface area (Å²) in [5.74, 6) is 0. The fourth-order valence-electron chi connectivity index (χ4n) is 4.52. The Balaban J connectivity index is 0. The van der Waals surface area contributed by atoms with E-state index in [4.69, 9.17) is 15.0 Å². The molecule has 0 aliphatic rings. The third-order valence-electron chi connectivity index (χ3n) is 6.40. The Morgan fingerprint density at radius 1 is 0.605 bits per heavy atom. The minimum atomic E-state index is 0. The Bertz CT molecular complexity index is 1110. The van der Waals surface area contributed by atoms with Crippen LogP contribution in [0.25, 0.3) is 0 Å². The van der Waals surface area contributed by atoms with Crippen molar-refractivity contribution in [1.82, 2.24) is 4.98 Å². The third kappa shape index (κ3) is 9.20. The number of pyridine rings is 1. The Labute approximate surface area is 258 Å². The van der Waals surface area contributed by atoms with Gasteiger partial charge in [-0.15, -0.1) is 0 Å². The molecule has 0 saturated carbocycles. The smallest absolute Gasteiger partial charge is 1.00 e. The van der Waals surface area contributed by atoms with Crippen LogP contribution in [-0.2, 0) is 42.5 Å². The number of aliphatic imine (C=N–C) groups is 2. The normalized spacial score (nSPS) is 11.1. The fourth-order valence-corrected chi connectivity index (χ4v) is 4.52. The van der Waals surface area contributed by atoms with Crippen LogP contribution in [-0.4, -0.2) is 16.4 Å². The molecule has 2 aromatic carbocycles. The zero-order valence-electron chi connectivity index (χ0n) is 23.7. The monoisotopic (exact) mass is 617 g/mol. The number of aryl methyl sites for hydroxylation is 6. The second-order valence-electron chi connectivity index (χ2n) is 9.08. The summed E-state index contributed by atoms with van der Waals surface area (Å²) in [6.07, 6.45) is 3.87. The van der Waals surface area contributed by atoms with Crippen LogP contribution in [0.15, 0.2) is 52.4 Å². The molecule has 0 unspecified atom stereocenters. The minimum Gasteiger partial charge on any atom is -1.00 e. The van der Waals surface area contributed by atoms with Gasteiger partial charge in [0.15, 0.2) is 0 Å². The van der Waals surface area contributed by atoms with E-state index in [0.717, 1.165) is 59.9 Å². The van der Waals surface area contributed by atoms with E-state index in [-0.39, 0.29) is 54.0 Å². The Morgan fingerprint density at radius 3 is 1.16 bits per heavy atom. The zero-order valence-corrected chi connectivity index (χ0v) is 27.0. The summed E-state index contributed by atoms with van der Waals surface area (Å²) < 4.78 is 0. The average Bonchev–Trinajstić information content (AvgIpc) is 2.85. The molecule has 0 atom stereocenters. The van der Waals surface area contributed by atoms with Crippen molar-refractivity contribution in [2.75, 3.05) is 0 Å². The summed E-state index contributed by atoms with van der Waals surface area (Å²) in [4.78, 5) is 15.1. The SMILES string of the molecule is CCc1cc(C)cc(CC)c1N=C(C)c1cccc(C(C)=Nc2c(CC)cc(C)cc2CC)n1.[Cl-].[Cl-].[Cl-].[Co+3]. The summed E-state index contributed by atoms with van der Waals surface area (Å²) in [7, 11) is 0. The first-order valence-electron chi connectivity index (χ1n) is 12.6. The van der Waals surface area contributed by atoms with Gasteiger partial charge in [0.05, 0.1) is 34.2 Å². The fraction of sp³-hybridized carbons (Fsp3) is 0.387. The van der Waals surface area contributed by atoms with Crippen LogP contribution in [0.5, 0.6) is 0 Å². The Hall–Kier alpha value is -1.69. The van der Waals surface area contributed by atoms with Crippen molar-refractivity contribution in [2.24, 2.45) is 9.98 Å². The van der Waals surface area contributed by atoms with Gasteiger partial charge < -0.3 is 37.2 Å². The van der Waals surface area contributed by atoms with Gasteiger partial charge >= 0.3 is 16.8 Å². The van der Waals surface area contributed by atoms with Gasteiger partial charge in [-0.2, -0.15) is 0 Å². The Morgan fingerprint density at radius 2 is 0.895 bits per heavy atom. The van der Waals surface area contributed by atoms with Crippen molar-refractivity contribution in [3.63, 3.8) is 0 Å². The van der Waals surface area contributed by atoms with Gasteiger partial charge in [0.25, 0.3) is 0 Å². The number of halogens is 3. The molecule has 0 saturated heterocycles. The molecule has 208 valence electrons. The Kier molecular flexibility index (Phi) is 18.0. The summed E-state index contributed by atoms with van der Waals surface area (Å²) in [6, 6.07) is 15.2. The standard InChI is InChI=1S/C31H39N3.3ClH.Co/c1-9-24-16-20(5)17-25(10-2)30(24)32-22(7)28-14-13-15-29(34-28)23(8)33-31-26(11-3)18-21(6)19-27(31)12-4;;;;/h13-19H,9-12H2,1-8H3;3*1H;/q;;;;+3/p-3. The van der Waals surface area contributed by atoms with Gasteiger partial charge in [0.1, 0.15) is 0 Å². The molecule has 7 heteroatoms. The predicted molar refractivity (Wildman–Crippen MR) is 148 cm³/mol. The van der Waals surface area contributed by atoms with E-state index >= 15 is 0 Å². The van der Waals surface area contributed by atoms with Crippen molar-refractivity contribution < 1.29 is 54.0 Å². The molecule has 0 amide bonds. The van der Waals surface area contributed by atoms with Crippen LogP contribution in [0.4, 0.5) is 11.4 Å². The number of benzene rings is 2. The van der Waals surface area contributed by atoms with Gasteiger partial charge in [0, 0.05) is 0 Å². The van der Waals surface area contributed by atoms with E-state index < -0.39 is 0 Å². The van der Waals surface area contributed by atoms with Crippen LogP contribution >= 0.6 is 0 Å². The molecule has 3 nitrogen and oxygen atoms in total. The molecular weight excluding hydrogens is 580 g/mol. The number of aromatic nitrogens is 1. The van der Waals surface area contributed by atoms with Gasteiger partial charge in [-0.25, -0.2) is 4.98 Å². The van der Waals surface area contributed by atoms with E-state index in [1.807, 2.05) is 12.1 Å². The summed E-state index contributed by atoms with van der Waals surface area (Å²) in [5.41, 5.74) is 13.6. The topological polar surface area (TPSA) is 37.6 Å².